The maximum atomic E-state index is 5.42. The highest BCUT2D eigenvalue weighted by Gasteiger charge is 2.21. The number of aryl methyl sites for hydroxylation is 1. The number of nitrogens with zero attached hydrogens (tertiary/aromatic N) is 2. The Labute approximate surface area is 104 Å². The summed E-state index contributed by atoms with van der Waals surface area (Å²) >= 11 is 0. The Hall–Kier alpha value is -0.830. The molecule has 0 bridgehead atoms. The van der Waals surface area contributed by atoms with Crippen molar-refractivity contribution >= 4 is 0 Å². The van der Waals surface area contributed by atoms with Gasteiger partial charge in [0.05, 0.1) is 5.69 Å². The van der Waals surface area contributed by atoms with E-state index in [1.165, 1.54) is 29.8 Å². The lowest BCUT2D eigenvalue weighted by Gasteiger charge is -2.21. The van der Waals surface area contributed by atoms with Crippen LogP contribution in [0.15, 0.2) is 0 Å². The molecule has 1 aliphatic rings. The van der Waals surface area contributed by atoms with Gasteiger partial charge in [-0.25, -0.2) is 0 Å². The van der Waals surface area contributed by atoms with Crippen molar-refractivity contribution < 1.29 is 4.74 Å². The molecule has 0 amide bonds. The van der Waals surface area contributed by atoms with Crippen molar-refractivity contribution in [3.8, 4) is 0 Å². The minimum atomic E-state index is 0.568. The zero-order chi connectivity index (χ0) is 12.4. The van der Waals surface area contributed by atoms with E-state index in [0.29, 0.717) is 5.92 Å². The fraction of sp³-hybridized carbons (Fsp3) is 0.786. The van der Waals surface area contributed by atoms with E-state index in [-0.39, 0.29) is 0 Å². The van der Waals surface area contributed by atoms with E-state index < -0.39 is 0 Å². The summed E-state index contributed by atoms with van der Waals surface area (Å²) in [5, 5.41) is 4.70. The monoisotopic (exact) mass is 236 g/mol. The van der Waals surface area contributed by atoms with Crippen molar-refractivity contribution in [3.05, 3.63) is 17.0 Å². The van der Waals surface area contributed by atoms with Gasteiger partial charge in [-0.2, -0.15) is 5.10 Å². The maximum Gasteiger partial charge on any atom is 0.0664 e. The molecule has 0 N–H and O–H groups in total. The van der Waals surface area contributed by atoms with Crippen LogP contribution in [0.5, 0.6) is 0 Å². The van der Waals surface area contributed by atoms with Gasteiger partial charge in [0.25, 0.3) is 0 Å². The first kappa shape index (κ1) is 12.6. The molecule has 0 aliphatic carbocycles. The molecular weight excluding hydrogens is 212 g/mol. The second-order valence-corrected chi connectivity index (χ2v) is 5.48. The van der Waals surface area contributed by atoms with Gasteiger partial charge >= 0.3 is 0 Å². The number of rotatable bonds is 3. The van der Waals surface area contributed by atoms with Gasteiger partial charge in [-0.05, 0) is 43.6 Å². The zero-order valence-electron chi connectivity index (χ0n) is 11.5. The Kier molecular flexibility index (Phi) is 3.87. The average molecular weight is 236 g/mol. The average Bonchev–Trinajstić information content (AvgIpc) is 2.56. The lowest BCUT2D eigenvalue weighted by atomic mass is 9.90. The van der Waals surface area contributed by atoms with Crippen LogP contribution >= 0.6 is 0 Å². The Bertz CT molecular complexity index is 376. The van der Waals surface area contributed by atoms with Gasteiger partial charge in [0.15, 0.2) is 0 Å². The third-order valence-electron chi connectivity index (χ3n) is 3.86. The van der Waals surface area contributed by atoms with Crippen molar-refractivity contribution in [2.45, 2.75) is 46.0 Å². The fourth-order valence-electron chi connectivity index (χ4n) is 2.82. The normalized spacial score (nSPS) is 17.9. The summed E-state index contributed by atoms with van der Waals surface area (Å²) in [6.07, 6.45) is 3.50. The van der Waals surface area contributed by atoms with Crippen molar-refractivity contribution in [2.24, 2.45) is 13.0 Å². The van der Waals surface area contributed by atoms with Crippen LogP contribution in [-0.2, 0) is 18.2 Å². The number of aromatic nitrogens is 2. The summed E-state index contributed by atoms with van der Waals surface area (Å²) in [6, 6.07) is 0. The smallest absolute Gasteiger partial charge is 0.0664 e. The molecule has 3 heteroatoms. The van der Waals surface area contributed by atoms with Crippen molar-refractivity contribution in [1.29, 1.82) is 0 Å². The minimum absolute atomic E-state index is 0.568. The van der Waals surface area contributed by atoms with Gasteiger partial charge in [0.1, 0.15) is 0 Å². The van der Waals surface area contributed by atoms with Crippen LogP contribution in [0.2, 0.25) is 0 Å². The molecule has 2 rings (SSSR count). The van der Waals surface area contributed by atoms with Crippen LogP contribution in [0.4, 0.5) is 0 Å². The molecule has 1 aliphatic heterocycles. The van der Waals surface area contributed by atoms with Crippen LogP contribution in [0, 0.1) is 12.8 Å². The maximum absolute atomic E-state index is 5.42. The number of ether oxygens (including phenoxy) is 1. The van der Waals surface area contributed by atoms with E-state index in [9.17, 15) is 0 Å². The third-order valence-corrected chi connectivity index (χ3v) is 3.86. The van der Waals surface area contributed by atoms with Crippen LogP contribution in [0.1, 0.15) is 49.6 Å². The highest BCUT2D eigenvalue weighted by Crippen LogP contribution is 2.27. The summed E-state index contributed by atoms with van der Waals surface area (Å²) in [7, 11) is 2.05. The molecule has 0 unspecified atom stereocenters. The second kappa shape index (κ2) is 5.21. The summed E-state index contributed by atoms with van der Waals surface area (Å²) < 4.78 is 7.45. The summed E-state index contributed by atoms with van der Waals surface area (Å²) in [4.78, 5) is 0. The molecule has 0 spiro atoms. The van der Waals surface area contributed by atoms with Gasteiger partial charge in [-0.3, -0.25) is 4.68 Å². The van der Waals surface area contributed by atoms with E-state index in [2.05, 4.69) is 27.8 Å². The molecule has 0 aromatic carbocycles. The van der Waals surface area contributed by atoms with E-state index in [4.69, 9.17) is 9.84 Å². The first-order valence-corrected chi connectivity index (χ1v) is 6.69. The van der Waals surface area contributed by atoms with E-state index in [1.807, 2.05) is 4.68 Å². The largest absolute Gasteiger partial charge is 0.381 e. The lowest BCUT2D eigenvalue weighted by Crippen LogP contribution is -2.18. The first-order chi connectivity index (χ1) is 8.09. The number of hydrogen-bond donors (Lipinski definition) is 0. The Morgan fingerprint density at radius 3 is 2.59 bits per heavy atom. The third kappa shape index (κ3) is 2.71. The molecule has 3 nitrogen and oxygen atoms in total. The molecule has 0 saturated carbocycles. The highest BCUT2D eigenvalue weighted by atomic mass is 16.5. The predicted molar refractivity (Wildman–Crippen MR) is 69.3 cm³/mol. The summed E-state index contributed by atoms with van der Waals surface area (Å²) in [5.41, 5.74) is 4.09. The molecule has 96 valence electrons. The molecule has 1 aromatic rings. The lowest BCUT2D eigenvalue weighted by molar-refractivity contribution is 0.0661. The standard InChI is InChI=1S/C14H24N2O/c1-10(2)14-11(3)16(4)15-13(14)9-12-5-7-17-8-6-12/h10,12H,5-9H2,1-4H3. The first-order valence-electron chi connectivity index (χ1n) is 6.69. The zero-order valence-corrected chi connectivity index (χ0v) is 11.5. The van der Waals surface area contributed by atoms with Gasteiger partial charge < -0.3 is 4.74 Å². The summed E-state index contributed by atoms with van der Waals surface area (Å²) in [6.45, 7) is 8.55. The minimum Gasteiger partial charge on any atom is -0.381 e. The van der Waals surface area contributed by atoms with Crippen molar-refractivity contribution in [2.75, 3.05) is 13.2 Å². The topological polar surface area (TPSA) is 27.1 Å². The Morgan fingerprint density at radius 1 is 1.35 bits per heavy atom. The Morgan fingerprint density at radius 2 is 2.00 bits per heavy atom. The van der Waals surface area contributed by atoms with Crippen LogP contribution in [0.25, 0.3) is 0 Å². The van der Waals surface area contributed by atoms with E-state index in [0.717, 1.165) is 25.6 Å². The molecule has 1 saturated heterocycles. The van der Waals surface area contributed by atoms with Gasteiger partial charge in [-0.15, -0.1) is 0 Å². The van der Waals surface area contributed by atoms with E-state index in [1.54, 1.807) is 0 Å². The van der Waals surface area contributed by atoms with Crippen LogP contribution in [-0.4, -0.2) is 23.0 Å². The molecular formula is C14H24N2O. The molecule has 0 atom stereocenters. The SMILES string of the molecule is Cc1c(C(C)C)c(CC2CCOCC2)nn1C. The number of hydrogen-bond acceptors (Lipinski definition) is 2. The molecule has 1 fully saturated rings. The van der Waals surface area contributed by atoms with Gasteiger partial charge in [0.2, 0.25) is 0 Å². The molecule has 0 radical (unpaired) electrons. The molecule has 17 heavy (non-hydrogen) atoms. The van der Waals surface area contributed by atoms with Crippen LogP contribution in [0.3, 0.4) is 0 Å². The predicted octanol–water partition coefficient (Wildman–Crippen LogP) is 2.82. The van der Waals surface area contributed by atoms with Gasteiger partial charge in [-0.1, -0.05) is 13.8 Å². The fourth-order valence-corrected chi connectivity index (χ4v) is 2.82. The summed E-state index contributed by atoms with van der Waals surface area (Å²) in [5.74, 6) is 1.33. The highest BCUT2D eigenvalue weighted by molar-refractivity contribution is 5.29. The van der Waals surface area contributed by atoms with Gasteiger partial charge in [0, 0.05) is 26.0 Å². The van der Waals surface area contributed by atoms with Crippen molar-refractivity contribution in [3.63, 3.8) is 0 Å². The van der Waals surface area contributed by atoms with Crippen LogP contribution < -0.4 is 0 Å². The quantitative estimate of drug-likeness (QED) is 0.807. The van der Waals surface area contributed by atoms with E-state index >= 15 is 0 Å². The van der Waals surface area contributed by atoms with Crippen molar-refractivity contribution in [1.82, 2.24) is 9.78 Å². The second-order valence-electron chi connectivity index (χ2n) is 5.48. The molecule has 1 aromatic heterocycles. The molecule has 2 heterocycles. The Balaban J connectivity index is 2.16.